The lowest BCUT2D eigenvalue weighted by molar-refractivity contribution is -0.138. The van der Waals surface area contributed by atoms with Crippen LogP contribution in [0.15, 0.2) is 36.0 Å². The number of hydrogen-bond acceptors (Lipinski definition) is 7. The maximum absolute atomic E-state index is 12.6. The Bertz CT molecular complexity index is 818. The Hall–Kier alpha value is -2.82. The predicted molar refractivity (Wildman–Crippen MR) is 138 cm³/mol. The molecule has 0 aliphatic heterocycles. The fourth-order valence-electron chi connectivity index (χ4n) is 4.03. The highest BCUT2D eigenvalue weighted by Crippen LogP contribution is 2.23. The number of aliphatic hydroxyl groups is 2. The van der Waals surface area contributed by atoms with E-state index in [1.54, 1.807) is 39.0 Å². The lowest BCUT2D eigenvalue weighted by atomic mass is 9.87. The number of rotatable bonds is 20. The number of aliphatic hydroxyl groups excluding tert-OH is 2. The fraction of sp³-hybridized carbons (Fsp3) is 0.630. The van der Waals surface area contributed by atoms with Gasteiger partial charge >= 0.3 is 11.9 Å². The van der Waals surface area contributed by atoms with E-state index in [4.69, 9.17) is 20.7 Å². The van der Waals surface area contributed by atoms with Gasteiger partial charge in [-0.1, -0.05) is 38.2 Å². The highest BCUT2D eigenvalue weighted by Gasteiger charge is 2.29. The summed E-state index contributed by atoms with van der Waals surface area (Å²) in [5, 5.41) is 39.0. The molecule has 6 N–H and O–H groups in total. The number of ketones is 1. The minimum atomic E-state index is -1.03. The van der Waals surface area contributed by atoms with Gasteiger partial charge in [-0.15, -0.1) is 0 Å². The molecule has 0 spiro atoms. The molecule has 6 atom stereocenters. The first-order valence-electron chi connectivity index (χ1n) is 12.5. The Morgan fingerprint density at radius 1 is 1.00 bits per heavy atom. The Kier molecular flexibility index (Phi) is 17.0. The van der Waals surface area contributed by atoms with Crippen molar-refractivity contribution in [1.29, 1.82) is 0 Å². The molecule has 0 unspecified atom stereocenters. The Balaban J connectivity index is 4.92. The fourth-order valence-corrected chi connectivity index (χ4v) is 4.03. The molecule has 0 heterocycles. The van der Waals surface area contributed by atoms with Crippen molar-refractivity contribution in [3.05, 3.63) is 36.0 Å². The average molecular weight is 526 g/mol. The van der Waals surface area contributed by atoms with Crippen LogP contribution in [-0.4, -0.2) is 69.5 Å². The Labute approximate surface area is 218 Å². The summed E-state index contributed by atoms with van der Waals surface area (Å²) >= 11 is 0. The van der Waals surface area contributed by atoms with Crippen molar-refractivity contribution in [1.82, 2.24) is 0 Å². The molecule has 0 aromatic carbocycles. The number of primary amides is 1. The lowest BCUT2D eigenvalue weighted by Crippen LogP contribution is -2.39. The highest BCUT2D eigenvalue weighted by molar-refractivity contribution is 5.82. The van der Waals surface area contributed by atoms with E-state index < -0.39 is 53.9 Å². The molecule has 0 saturated heterocycles. The van der Waals surface area contributed by atoms with Crippen LogP contribution in [0.1, 0.15) is 65.7 Å². The zero-order valence-electron chi connectivity index (χ0n) is 22.2. The van der Waals surface area contributed by atoms with Crippen LogP contribution in [0.5, 0.6) is 0 Å². The van der Waals surface area contributed by atoms with Crippen LogP contribution >= 0.6 is 0 Å². The molecule has 0 aliphatic carbocycles. The number of aliphatic carboxylic acids is 2. The van der Waals surface area contributed by atoms with Gasteiger partial charge in [-0.25, -0.2) is 4.79 Å². The summed E-state index contributed by atoms with van der Waals surface area (Å²) < 4.78 is 5.34. The van der Waals surface area contributed by atoms with Crippen molar-refractivity contribution in [3.8, 4) is 0 Å². The van der Waals surface area contributed by atoms with Crippen LogP contribution < -0.4 is 5.73 Å². The predicted octanol–water partition coefficient (Wildman–Crippen LogP) is 2.62. The van der Waals surface area contributed by atoms with Crippen LogP contribution in [0.3, 0.4) is 0 Å². The molecular weight excluding hydrogens is 482 g/mol. The maximum Gasteiger partial charge on any atom is 0.327 e. The minimum Gasteiger partial charge on any atom is -0.481 e. The van der Waals surface area contributed by atoms with E-state index in [1.165, 1.54) is 13.2 Å². The molecule has 0 bridgehead atoms. The summed E-state index contributed by atoms with van der Waals surface area (Å²) in [5.41, 5.74) is 5.71. The van der Waals surface area contributed by atoms with E-state index in [0.29, 0.717) is 31.3 Å². The number of carboxylic acid groups (broad SMARTS) is 2. The lowest BCUT2D eigenvalue weighted by Gasteiger charge is -2.29. The first kappa shape index (κ1) is 34.2. The third-order valence-corrected chi connectivity index (χ3v) is 6.21. The van der Waals surface area contributed by atoms with E-state index in [1.807, 2.05) is 0 Å². The van der Waals surface area contributed by atoms with E-state index in [2.05, 4.69) is 0 Å². The van der Waals surface area contributed by atoms with Gasteiger partial charge in [0.1, 0.15) is 11.9 Å². The molecule has 210 valence electrons. The van der Waals surface area contributed by atoms with Crippen molar-refractivity contribution in [2.75, 3.05) is 7.11 Å². The first-order valence-corrected chi connectivity index (χ1v) is 12.5. The number of carbonyl (C=O) groups excluding carboxylic acids is 2. The number of carbonyl (C=O) groups is 4. The van der Waals surface area contributed by atoms with E-state index in [9.17, 15) is 29.4 Å². The molecule has 37 heavy (non-hydrogen) atoms. The molecule has 1 amide bonds. The summed E-state index contributed by atoms with van der Waals surface area (Å²) in [6, 6.07) is 0. The number of ether oxygens (including phenoxy) is 1. The van der Waals surface area contributed by atoms with Crippen molar-refractivity contribution in [2.24, 2.45) is 23.5 Å². The average Bonchev–Trinajstić information content (AvgIpc) is 2.80. The summed E-state index contributed by atoms with van der Waals surface area (Å²) in [4.78, 5) is 45.1. The standard InChI is InChI=1S/C27H43NO9/c1-17(21(29)11-9-10-20(15-23(28)30)16-25(33)34)14-18(2)26(35)19(3)27(36)22(37-4)12-7-5-6-8-13-24(31)32/h7-8,12-14,17,19-20,22,26-27,35-36H,5-6,9-11,15-16H2,1-4H3,(H2,28,30)(H,31,32)(H,33,34)/b12-7+,13-8+,18-14+/t17-,19+,20-,22+,26-,27-/m0/s1. The first-order chi connectivity index (χ1) is 17.3. The van der Waals surface area contributed by atoms with Gasteiger partial charge in [-0.2, -0.15) is 0 Å². The van der Waals surface area contributed by atoms with Gasteiger partial charge in [-0.3, -0.25) is 14.4 Å². The van der Waals surface area contributed by atoms with Crippen LogP contribution in [0.25, 0.3) is 0 Å². The molecular formula is C27H43NO9. The number of methoxy groups -OCH3 is 1. The van der Waals surface area contributed by atoms with Crippen LogP contribution in [-0.2, 0) is 23.9 Å². The quantitative estimate of drug-likeness (QED) is 0.0905. The van der Waals surface area contributed by atoms with Gasteiger partial charge in [0.2, 0.25) is 5.91 Å². The van der Waals surface area contributed by atoms with Gasteiger partial charge in [-0.05, 0) is 44.1 Å². The number of nitrogens with two attached hydrogens (primary N) is 1. The van der Waals surface area contributed by atoms with E-state index in [-0.39, 0.29) is 25.0 Å². The third-order valence-electron chi connectivity index (χ3n) is 6.21. The number of carboxylic acids is 2. The number of amides is 1. The summed E-state index contributed by atoms with van der Waals surface area (Å²) in [6.07, 6.45) is 6.83. The Morgan fingerprint density at radius 2 is 1.62 bits per heavy atom. The molecule has 0 radical (unpaired) electrons. The largest absolute Gasteiger partial charge is 0.481 e. The van der Waals surface area contributed by atoms with E-state index in [0.717, 1.165) is 6.08 Å². The molecule has 10 nitrogen and oxygen atoms in total. The molecule has 0 aliphatic rings. The maximum atomic E-state index is 12.6. The van der Waals surface area contributed by atoms with Crippen molar-refractivity contribution < 1.29 is 44.3 Å². The summed E-state index contributed by atoms with van der Waals surface area (Å²) in [6.45, 7) is 5.06. The molecule has 0 rings (SSSR count). The van der Waals surface area contributed by atoms with Crippen LogP contribution in [0.2, 0.25) is 0 Å². The van der Waals surface area contributed by atoms with Crippen molar-refractivity contribution in [3.63, 3.8) is 0 Å². The van der Waals surface area contributed by atoms with E-state index >= 15 is 0 Å². The second-order valence-corrected chi connectivity index (χ2v) is 9.43. The Morgan fingerprint density at radius 3 is 2.16 bits per heavy atom. The highest BCUT2D eigenvalue weighted by atomic mass is 16.5. The van der Waals surface area contributed by atoms with Gasteiger partial charge in [0.15, 0.2) is 0 Å². The number of hydrogen-bond donors (Lipinski definition) is 5. The zero-order chi connectivity index (χ0) is 28.5. The van der Waals surface area contributed by atoms with Gasteiger partial charge in [0, 0.05) is 44.3 Å². The van der Waals surface area contributed by atoms with Gasteiger partial charge < -0.3 is 30.9 Å². The molecule has 10 heteroatoms. The van der Waals surface area contributed by atoms with Crippen LogP contribution in [0, 0.1) is 17.8 Å². The monoisotopic (exact) mass is 525 g/mol. The van der Waals surface area contributed by atoms with Gasteiger partial charge in [0.25, 0.3) is 0 Å². The normalized spacial score (nSPS) is 17.3. The second-order valence-electron chi connectivity index (χ2n) is 9.43. The second kappa shape index (κ2) is 18.4. The zero-order valence-corrected chi connectivity index (χ0v) is 22.2. The van der Waals surface area contributed by atoms with Crippen molar-refractivity contribution >= 4 is 23.6 Å². The molecule has 0 saturated carbocycles. The number of Topliss-reactive ketones (excluding diaryl/α,β-unsaturated/α-hetero) is 1. The minimum absolute atomic E-state index is 0.0408. The number of unbranched alkanes of at least 4 members (excludes halogenated alkanes) is 1. The summed E-state index contributed by atoms with van der Waals surface area (Å²) in [7, 11) is 1.44. The molecule has 0 fully saturated rings. The summed E-state index contributed by atoms with van der Waals surface area (Å²) in [5.74, 6) is -4.20. The molecule has 0 aromatic rings. The SMILES string of the molecule is CO[C@H](/C=C/CC/C=C/C(=O)O)[C@@H](O)[C@H](C)[C@@H](O)/C(C)=C/[C@H](C)C(=O)CCC[C@@H](CC(N)=O)CC(=O)O. The number of allylic oxidation sites excluding steroid dienone is 3. The van der Waals surface area contributed by atoms with Crippen LogP contribution in [0.4, 0.5) is 0 Å². The third kappa shape index (κ3) is 15.1. The van der Waals surface area contributed by atoms with Crippen molar-refractivity contribution in [2.45, 2.75) is 84.0 Å². The topological polar surface area (TPSA) is 184 Å². The molecule has 0 aromatic heterocycles. The smallest absolute Gasteiger partial charge is 0.327 e. The van der Waals surface area contributed by atoms with Gasteiger partial charge in [0.05, 0.1) is 12.2 Å².